The van der Waals surface area contributed by atoms with Gasteiger partial charge >= 0.3 is 0 Å². The van der Waals surface area contributed by atoms with Crippen molar-refractivity contribution in [3.63, 3.8) is 0 Å². The summed E-state index contributed by atoms with van der Waals surface area (Å²) < 4.78 is 16.2. The molecule has 3 rings (SSSR count). The standard InChI is InChI=1S/C23H32N4O3.HI/c1-24-23(25-14-17-10-11-27(16-17)19-8-6-5-7-9-19)26-15-18-12-20(28-2)22(30-4)21(13-18)29-3;/h5-9,12-13,17H,10-11,14-16H2,1-4H3,(H2,24,25,26);1H. The molecule has 1 unspecified atom stereocenters. The number of hydrogen-bond acceptors (Lipinski definition) is 5. The zero-order chi connectivity index (χ0) is 21.3. The third-order valence-corrected chi connectivity index (χ3v) is 5.37. The van der Waals surface area contributed by atoms with Crippen LogP contribution in [0.1, 0.15) is 12.0 Å². The lowest BCUT2D eigenvalue weighted by atomic mass is 10.1. The fourth-order valence-electron chi connectivity index (χ4n) is 3.76. The van der Waals surface area contributed by atoms with Gasteiger partial charge in [0.25, 0.3) is 0 Å². The Morgan fingerprint density at radius 2 is 1.71 bits per heavy atom. The molecule has 1 saturated heterocycles. The Kier molecular flexibility index (Phi) is 10.0. The molecule has 2 aromatic rings. The van der Waals surface area contributed by atoms with Gasteiger partial charge < -0.3 is 29.7 Å². The van der Waals surface area contributed by atoms with Gasteiger partial charge in [0.1, 0.15) is 0 Å². The maximum Gasteiger partial charge on any atom is 0.203 e. The highest BCUT2D eigenvalue weighted by Gasteiger charge is 2.22. The van der Waals surface area contributed by atoms with E-state index >= 15 is 0 Å². The number of benzene rings is 2. The molecule has 8 heteroatoms. The molecule has 2 aromatic carbocycles. The van der Waals surface area contributed by atoms with Crippen molar-refractivity contribution < 1.29 is 14.2 Å². The molecule has 0 amide bonds. The van der Waals surface area contributed by atoms with Gasteiger partial charge in [-0.3, -0.25) is 4.99 Å². The number of hydrogen-bond donors (Lipinski definition) is 2. The van der Waals surface area contributed by atoms with Gasteiger partial charge in [0.05, 0.1) is 21.3 Å². The van der Waals surface area contributed by atoms with Crippen LogP contribution >= 0.6 is 24.0 Å². The SMILES string of the molecule is CN=C(NCc1cc(OC)c(OC)c(OC)c1)NCC1CCN(c2ccccc2)C1.I. The number of guanidine groups is 1. The van der Waals surface area contributed by atoms with Crippen molar-refractivity contribution in [2.45, 2.75) is 13.0 Å². The average molecular weight is 540 g/mol. The Bertz CT molecular complexity index is 823. The highest BCUT2D eigenvalue weighted by atomic mass is 127. The smallest absolute Gasteiger partial charge is 0.203 e. The van der Waals surface area contributed by atoms with E-state index in [1.807, 2.05) is 12.1 Å². The summed E-state index contributed by atoms with van der Waals surface area (Å²) >= 11 is 0. The lowest BCUT2D eigenvalue weighted by molar-refractivity contribution is 0.323. The summed E-state index contributed by atoms with van der Waals surface area (Å²) in [6.45, 7) is 3.63. The molecule has 0 saturated carbocycles. The van der Waals surface area contributed by atoms with E-state index in [1.54, 1.807) is 28.4 Å². The Hall–Kier alpha value is -2.36. The number of para-hydroxylation sites is 1. The summed E-state index contributed by atoms with van der Waals surface area (Å²) in [5, 5.41) is 6.82. The van der Waals surface area contributed by atoms with Gasteiger partial charge in [-0.15, -0.1) is 24.0 Å². The molecule has 2 N–H and O–H groups in total. The minimum absolute atomic E-state index is 0. The van der Waals surface area contributed by atoms with Gasteiger partial charge in [-0.1, -0.05) is 18.2 Å². The fourth-order valence-corrected chi connectivity index (χ4v) is 3.76. The fraction of sp³-hybridized carbons (Fsp3) is 0.435. The number of aliphatic imine (C=N–C) groups is 1. The highest BCUT2D eigenvalue weighted by Crippen LogP contribution is 2.38. The number of nitrogens with one attached hydrogen (secondary N) is 2. The summed E-state index contributed by atoms with van der Waals surface area (Å²) in [6.07, 6.45) is 1.17. The number of rotatable bonds is 8. The Balaban J connectivity index is 0.00000341. The van der Waals surface area contributed by atoms with Crippen molar-refractivity contribution in [1.82, 2.24) is 10.6 Å². The summed E-state index contributed by atoms with van der Waals surface area (Å²) in [7, 11) is 6.63. The van der Waals surface area contributed by atoms with E-state index in [1.165, 1.54) is 12.1 Å². The number of ether oxygens (including phenoxy) is 3. The third kappa shape index (κ3) is 6.56. The molecule has 7 nitrogen and oxygen atoms in total. The van der Waals surface area contributed by atoms with Gasteiger partial charge in [-0.25, -0.2) is 0 Å². The lowest BCUT2D eigenvalue weighted by Gasteiger charge is -2.19. The van der Waals surface area contributed by atoms with E-state index in [0.29, 0.717) is 29.7 Å². The topological polar surface area (TPSA) is 67.4 Å². The molecule has 1 heterocycles. The van der Waals surface area contributed by atoms with Crippen molar-refractivity contribution in [2.24, 2.45) is 10.9 Å². The predicted octanol–water partition coefficient (Wildman–Crippen LogP) is 3.52. The first-order chi connectivity index (χ1) is 14.7. The number of methoxy groups -OCH3 is 3. The molecule has 1 atom stereocenters. The lowest BCUT2D eigenvalue weighted by Crippen LogP contribution is -2.39. The van der Waals surface area contributed by atoms with E-state index in [-0.39, 0.29) is 24.0 Å². The first-order valence-corrected chi connectivity index (χ1v) is 10.2. The Morgan fingerprint density at radius 1 is 1.03 bits per heavy atom. The molecule has 170 valence electrons. The number of halogens is 1. The zero-order valence-corrected chi connectivity index (χ0v) is 21.0. The average Bonchev–Trinajstić information content (AvgIpc) is 3.28. The summed E-state index contributed by atoms with van der Waals surface area (Å²) in [4.78, 5) is 6.80. The van der Waals surface area contributed by atoms with Crippen LogP contribution in [0.4, 0.5) is 5.69 Å². The minimum Gasteiger partial charge on any atom is -0.493 e. The maximum absolute atomic E-state index is 5.43. The molecule has 31 heavy (non-hydrogen) atoms. The van der Waals surface area contributed by atoms with E-state index in [0.717, 1.165) is 31.2 Å². The van der Waals surface area contributed by atoms with Crippen molar-refractivity contribution in [1.29, 1.82) is 0 Å². The molecule has 0 aliphatic carbocycles. The van der Waals surface area contributed by atoms with Crippen LogP contribution in [-0.2, 0) is 6.54 Å². The van der Waals surface area contributed by atoms with Gasteiger partial charge in [0.2, 0.25) is 5.75 Å². The Labute approximate surface area is 202 Å². The van der Waals surface area contributed by atoms with Crippen LogP contribution in [0.2, 0.25) is 0 Å². The highest BCUT2D eigenvalue weighted by molar-refractivity contribution is 14.0. The van der Waals surface area contributed by atoms with Crippen LogP contribution < -0.4 is 29.7 Å². The van der Waals surface area contributed by atoms with E-state index in [2.05, 4.69) is 50.9 Å². The molecule has 1 aliphatic rings. The predicted molar refractivity (Wildman–Crippen MR) is 136 cm³/mol. The largest absolute Gasteiger partial charge is 0.493 e. The van der Waals surface area contributed by atoms with Crippen LogP contribution in [0.3, 0.4) is 0 Å². The summed E-state index contributed by atoms with van der Waals surface area (Å²) in [5.41, 5.74) is 2.31. The minimum atomic E-state index is 0. The first kappa shape index (κ1) is 24.9. The van der Waals surface area contributed by atoms with Crippen molar-refractivity contribution in [3.8, 4) is 17.2 Å². The first-order valence-electron chi connectivity index (χ1n) is 10.2. The van der Waals surface area contributed by atoms with Gasteiger partial charge in [0.15, 0.2) is 17.5 Å². The van der Waals surface area contributed by atoms with E-state index in [9.17, 15) is 0 Å². The van der Waals surface area contributed by atoms with Crippen LogP contribution in [0, 0.1) is 5.92 Å². The summed E-state index contributed by atoms with van der Waals surface area (Å²) in [5.74, 6) is 3.24. The Morgan fingerprint density at radius 3 is 2.29 bits per heavy atom. The zero-order valence-electron chi connectivity index (χ0n) is 18.7. The van der Waals surface area contributed by atoms with Crippen LogP contribution in [-0.4, -0.2) is 54.0 Å². The second-order valence-electron chi connectivity index (χ2n) is 7.28. The number of nitrogens with zero attached hydrogens (tertiary/aromatic N) is 2. The molecule has 0 spiro atoms. The summed E-state index contributed by atoms with van der Waals surface area (Å²) in [6, 6.07) is 14.5. The second kappa shape index (κ2) is 12.5. The molecular formula is C23H33IN4O3. The van der Waals surface area contributed by atoms with Crippen LogP contribution in [0.5, 0.6) is 17.2 Å². The van der Waals surface area contributed by atoms with Crippen molar-refractivity contribution in [3.05, 3.63) is 48.0 Å². The van der Waals surface area contributed by atoms with Crippen LogP contribution in [0.15, 0.2) is 47.5 Å². The number of anilines is 1. The van der Waals surface area contributed by atoms with Crippen LogP contribution in [0.25, 0.3) is 0 Å². The van der Waals surface area contributed by atoms with Gasteiger partial charge in [0, 0.05) is 38.9 Å². The van der Waals surface area contributed by atoms with Crippen molar-refractivity contribution in [2.75, 3.05) is 52.9 Å². The maximum atomic E-state index is 5.43. The quantitative estimate of drug-likeness (QED) is 0.304. The van der Waals surface area contributed by atoms with E-state index in [4.69, 9.17) is 14.2 Å². The molecule has 1 fully saturated rings. The molecule has 0 aromatic heterocycles. The van der Waals surface area contributed by atoms with Crippen molar-refractivity contribution >= 4 is 35.6 Å². The second-order valence-corrected chi connectivity index (χ2v) is 7.28. The molecule has 0 bridgehead atoms. The normalized spacial score (nSPS) is 15.8. The monoisotopic (exact) mass is 540 g/mol. The molecule has 0 radical (unpaired) electrons. The van der Waals surface area contributed by atoms with Gasteiger partial charge in [-0.2, -0.15) is 0 Å². The molecular weight excluding hydrogens is 507 g/mol. The third-order valence-electron chi connectivity index (χ3n) is 5.37. The van der Waals surface area contributed by atoms with E-state index < -0.39 is 0 Å². The molecule has 1 aliphatic heterocycles. The van der Waals surface area contributed by atoms with Gasteiger partial charge in [-0.05, 0) is 42.2 Å².